The summed E-state index contributed by atoms with van der Waals surface area (Å²) in [5, 5.41) is 0. The van der Waals surface area contributed by atoms with Gasteiger partial charge in [-0.2, -0.15) is 13.2 Å². The number of primary amides is 1. The minimum atomic E-state index is -4.64. The van der Waals surface area contributed by atoms with E-state index in [0.717, 1.165) is 11.0 Å². The molecule has 1 aromatic heterocycles. The molecule has 1 saturated heterocycles. The molecule has 20 heavy (non-hydrogen) atoms. The second kappa shape index (κ2) is 5.04. The average molecular weight is 352 g/mol. The Kier molecular flexibility index (Phi) is 3.72. The summed E-state index contributed by atoms with van der Waals surface area (Å²) in [5.74, 6) is -1.98. The fraction of sp³-hybridized carbons (Fsp3) is 0.364. The molecule has 1 atom stereocenters. The highest BCUT2D eigenvalue weighted by atomic mass is 79.9. The second-order valence-electron chi connectivity index (χ2n) is 4.31. The van der Waals surface area contributed by atoms with E-state index in [9.17, 15) is 22.8 Å². The summed E-state index contributed by atoms with van der Waals surface area (Å²) < 4.78 is 38.0. The molecule has 0 spiro atoms. The number of aromatic nitrogens is 1. The number of hydrogen-bond acceptors (Lipinski definition) is 3. The van der Waals surface area contributed by atoms with E-state index in [1.54, 1.807) is 0 Å². The van der Waals surface area contributed by atoms with E-state index in [1.165, 1.54) is 6.07 Å². The highest BCUT2D eigenvalue weighted by molar-refractivity contribution is 9.10. The van der Waals surface area contributed by atoms with Gasteiger partial charge in [0.1, 0.15) is 5.82 Å². The van der Waals surface area contributed by atoms with E-state index in [2.05, 4.69) is 20.9 Å². The standard InChI is InChI=1S/C11H9BrF3N3O2/c12-6-1-2-7(17-9(6)11(13,14)15)18-4-5(10(16)20)3-8(18)19/h1-2,5H,3-4H2,(H2,16,20). The molecule has 108 valence electrons. The normalized spacial score (nSPS) is 19.5. The molecule has 2 heterocycles. The minimum absolute atomic E-state index is 0.0555. The fourth-order valence-corrected chi connectivity index (χ4v) is 2.35. The van der Waals surface area contributed by atoms with Crippen molar-refractivity contribution in [2.45, 2.75) is 12.6 Å². The molecule has 1 aromatic rings. The smallest absolute Gasteiger partial charge is 0.369 e. The topological polar surface area (TPSA) is 76.3 Å². The van der Waals surface area contributed by atoms with Crippen molar-refractivity contribution in [3.8, 4) is 0 Å². The Bertz CT molecular complexity index is 577. The molecule has 5 nitrogen and oxygen atoms in total. The Labute approximate surface area is 120 Å². The van der Waals surface area contributed by atoms with Crippen molar-refractivity contribution in [2.24, 2.45) is 11.7 Å². The highest BCUT2D eigenvalue weighted by Crippen LogP contribution is 2.35. The number of hydrogen-bond donors (Lipinski definition) is 1. The molecule has 0 saturated carbocycles. The number of alkyl halides is 3. The predicted octanol–water partition coefficient (Wildman–Crippen LogP) is 1.70. The third-order valence-electron chi connectivity index (χ3n) is 2.90. The van der Waals surface area contributed by atoms with Gasteiger partial charge >= 0.3 is 6.18 Å². The summed E-state index contributed by atoms with van der Waals surface area (Å²) in [6.07, 6.45) is -4.75. The zero-order valence-corrected chi connectivity index (χ0v) is 11.5. The molecule has 0 aliphatic carbocycles. The first-order chi connectivity index (χ1) is 9.20. The lowest BCUT2D eigenvalue weighted by Gasteiger charge is -2.17. The van der Waals surface area contributed by atoms with E-state index in [4.69, 9.17) is 5.73 Å². The summed E-state index contributed by atoms with van der Waals surface area (Å²) in [7, 11) is 0. The third kappa shape index (κ3) is 2.77. The summed E-state index contributed by atoms with van der Waals surface area (Å²) in [6.45, 7) is -0.0555. The van der Waals surface area contributed by atoms with Crippen LogP contribution in [0.3, 0.4) is 0 Å². The van der Waals surface area contributed by atoms with Crippen LogP contribution in [0.25, 0.3) is 0 Å². The first-order valence-electron chi connectivity index (χ1n) is 5.53. The number of nitrogens with two attached hydrogens (primary N) is 1. The number of carbonyl (C=O) groups is 2. The lowest BCUT2D eigenvalue weighted by atomic mass is 10.1. The fourth-order valence-electron chi connectivity index (χ4n) is 1.90. The first-order valence-corrected chi connectivity index (χ1v) is 6.33. The maximum atomic E-state index is 12.7. The molecule has 1 aliphatic heterocycles. The van der Waals surface area contributed by atoms with Crippen molar-refractivity contribution in [1.82, 2.24) is 4.98 Å². The Morgan fingerprint density at radius 2 is 2.10 bits per heavy atom. The Balaban J connectivity index is 2.35. The zero-order chi connectivity index (χ0) is 15.1. The van der Waals surface area contributed by atoms with Gasteiger partial charge in [0.15, 0.2) is 5.69 Å². The van der Waals surface area contributed by atoms with Gasteiger partial charge < -0.3 is 5.73 Å². The highest BCUT2D eigenvalue weighted by Gasteiger charge is 2.38. The maximum Gasteiger partial charge on any atom is 0.434 e. The van der Waals surface area contributed by atoms with Crippen molar-refractivity contribution in [2.75, 3.05) is 11.4 Å². The van der Waals surface area contributed by atoms with Crippen LogP contribution in [0.2, 0.25) is 0 Å². The van der Waals surface area contributed by atoms with Crippen LogP contribution in [0.5, 0.6) is 0 Å². The van der Waals surface area contributed by atoms with Crippen LogP contribution in [-0.2, 0) is 15.8 Å². The summed E-state index contributed by atoms with van der Waals surface area (Å²) in [6, 6.07) is 2.44. The van der Waals surface area contributed by atoms with Crippen LogP contribution in [0.15, 0.2) is 16.6 Å². The number of amides is 2. The van der Waals surface area contributed by atoms with Crippen molar-refractivity contribution >= 4 is 33.6 Å². The summed E-state index contributed by atoms with van der Waals surface area (Å²) >= 11 is 2.76. The average Bonchev–Trinajstić information content (AvgIpc) is 2.71. The summed E-state index contributed by atoms with van der Waals surface area (Å²) in [4.78, 5) is 27.3. The Hall–Kier alpha value is -1.64. The van der Waals surface area contributed by atoms with Crippen LogP contribution in [0.1, 0.15) is 12.1 Å². The molecule has 1 unspecified atom stereocenters. The number of anilines is 1. The molecule has 0 radical (unpaired) electrons. The molecule has 2 amide bonds. The van der Waals surface area contributed by atoms with Gasteiger partial charge in [0.2, 0.25) is 11.8 Å². The molecule has 2 rings (SSSR count). The predicted molar refractivity (Wildman–Crippen MR) is 66.6 cm³/mol. The van der Waals surface area contributed by atoms with E-state index in [-0.39, 0.29) is 23.3 Å². The van der Waals surface area contributed by atoms with Crippen LogP contribution in [0, 0.1) is 5.92 Å². The lowest BCUT2D eigenvalue weighted by molar-refractivity contribution is -0.141. The van der Waals surface area contributed by atoms with Gasteiger partial charge in [-0.1, -0.05) is 0 Å². The van der Waals surface area contributed by atoms with Crippen LogP contribution >= 0.6 is 15.9 Å². The second-order valence-corrected chi connectivity index (χ2v) is 5.16. The molecule has 9 heteroatoms. The van der Waals surface area contributed by atoms with Crippen molar-refractivity contribution in [1.29, 1.82) is 0 Å². The van der Waals surface area contributed by atoms with Gasteiger partial charge in [0.25, 0.3) is 0 Å². The SMILES string of the molecule is NC(=O)C1CC(=O)N(c2ccc(Br)c(C(F)(F)F)n2)C1. The molecule has 1 fully saturated rings. The lowest BCUT2D eigenvalue weighted by Crippen LogP contribution is -2.29. The Morgan fingerprint density at radius 1 is 1.45 bits per heavy atom. The molecule has 1 aliphatic rings. The van der Waals surface area contributed by atoms with E-state index in [0.29, 0.717) is 0 Å². The largest absolute Gasteiger partial charge is 0.434 e. The van der Waals surface area contributed by atoms with E-state index >= 15 is 0 Å². The minimum Gasteiger partial charge on any atom is -0.369 e. The monoisotopic (exact) mass is 351 g/mol. The van der Waals surface area contributed by atoms with Crippen molar-refractivity contribution < 1.29 is 22.8 Å². The van der Waals surface area contributed by atoms with Gasteiger partial charge in [0, 0.05) is 17.4 Å². The first kappa shape index (κ1) is 14.8. The van der Waals surface area contributed by atoms with Crippen molar-refractivity contribution in [3.05, 3.63) is 22.3 Å². The van der Waals surface area contributed by atoms with Crippen LogP contribution in [-0.4, -0.2) is 23.3 Å². The number of carbonyl (C=O) groups excluding carboxylic acids is 2. The van der Waals surface area contributed by atoms with Crippen LogP contribution < -0.4 is 10.6 Å². The number of rotatable bonds is 2. The van der Waals surface area contributed by atoms with E-state index in [1.807, 2.05) is 0 Å². The Morgan fingerprint density at radius 3 is 2.60 bits per heavy atom. The number of pyridine rings is 1. The maximum absolute atomic E-state index is 12.7. The van der Waals surface area contributed by atoms with Gasteiger partial charge in [-0.15, -0.1) is 0 Å². The van der Waals surface area contributed by atoms with E-state index < -0.39 is 29.6 Å². The number of halogens is 4. The zero-order valence-electron chi connectivity index (χ0n) is 9.95. The van der Waals surface area contributed by atoms with Gasteiger partial charge in [-0.25, -0.2) is 4.98 Å². The molecular formula is C11H9BrF3N3O2. The van der Waals surface area contributed by atoms with Gasteiger partial charge in [-0.3, -0.25) is 14.5 Å². The molecule has 0 aromatic carbocycles. The quantitative estimate of drug-likeness (QED) is 0.880. The third-order valence-corrected chi connectivity index (χ3v) is 3.54. The van der Waals surface area contributed by atoms with Crippen molar-refractivity contribution in [3.63, 3.8) is 0 Å². The summed E-state index contributed by atoms with van der Waals surface area (Å²) in [5.41, 5.74) is 3.98. The molecule has 2 N–H and O–H groups in total. The van der Waals surface area contributed by atoms with Gasteiger partial charge in [0.05, 0.1) is 5.92 Å². The molecular weight excluding hydrogens is 343 g/mol. The van der Waals surface area contributed by atoms with Gasteiger partial charge in [-0.05, 0) is 28.1 Å². The van der Waals surface area contributed by atoms with Crippen LogP contribution in [0.4, 0.5) is 19.0 Å². The number of nitrogens with zero attached hydrogens (tertiary/aromatic N) is 2. The molecule has 0 bridgehead atoms.